The lowest BCUT2D eigenvalue weighted by Crippen LogP contribution is -2.11. The van der Waals surface area contributed by atoms with Gasteiger partial charge in [0.05, 0.1) is 16.7 Å². The predicted octanol–water partition coefficient (Wildman–Crippen LogP) is 14.1. The van der Waals surface area contributed by atoms with Gasteiger partial charge >= 0.3 is 0 Å². The summed E-state index contributed by atoms with van der Waals surface area (Å²) >= 11 is 0. The molecule has 0 aliphatic heterocycles. The van der Waals surface area contributed by atoms with Gasteiger partial charge in [0.1, 0.15) is 11.2 Å². The lowest BCUT2D eigenvalue weighted by atomic mass is 9.98. The maximum atomic E-state index is 6.25. The van der Waals surface area contributed by atoms with Crippen LogP contribution in [0.3, 0.4) is 0 Å². The van der Waals surface area contributed by atoms with Crippen molar-refractivity contribution in [2.75, 3.05) is 4.90 Å². The fourth-order valence-corrected chi connectivity index (χ4v) is 8.33. The summed E-state index contributed by atoms with van der Waals surface area (Å²) in [6, 6.07) is 69.9. The number of nitrogens with zero attached hydrogens (tertiary/aromatic N) is 2. The Hall–Kier alpha value is -7.10. The van der Waals surface area contributed by atoms with E-state index in [1.807, 2.05) is 12.1 Å². The van der Waals surface area contributed by atoms with Gasteiger partial charge in [0.2, 0.25) is 0 Å². The van der Waals surface area contributed by atoms with E-state index >= 15 is 0 Å². The van der Waals surface area contributed by atoms with E-state index in [9.17, 15) is 0 Å². The van der Waals surface area contributed by atoms with Gasteiger partial charge in [-0.05, 0) is 94.0 Å². The smallest absolute Gasteiger partial charge is 0.136 e. The van der Waals surface area contributed by atoms with Gasteiger partial charge in [0, 0.05) is 44.0 Å². The number of furan rings is 1. The average molecular weight is 677 g/mol. The Morgan fingerprint density at radius 1 is 0.358 bits per heavy atom. The zero-order chi connectivity index (χ0) is 34.9. The Labute approximate surface area is 306 Å². The Morgan fingerprint density at radius 3 is 1.74 bits per heavy atom. The van der Waals surface area contributed by atoms with Crippen molar-refractivity contribution < 1.29 is 4.42 Å². The minimum absolute atomic E-state index is 0.902. The highest BCUT2D eigenvalue weighted by molar-refractivity contribution is 6.15. The van der Waals surface area contributed by atoms with Crippen molar-refractivity contribution in [2.45, 2.75) is 0 Å². The molecule has 0 bridgehead atoms. The number of hydrogen-bond acceptors (Lipinski definition) is 2. The fraction of sp³-hybridized carbons (Fsp3) is 0. The summed E-state index contributed by atoms with van der Waals surface area (Å²) in [7, 11) is 0. The van der Waals surface area contributed by atoms with Gasteiger partial charge in [-0.25, -0.2) is 0 Å². The minimum Gasteiger partial charge on any atom is -0.456 e. The van der Waals surface area contributed by atoms with Gasteiger partial charge < -0.3 is 13.9 Å². The average Bonchev–Trinajstić information content (AvgIpc) is 3.77. The number of anilines is 3. The molecule has 11 aromatic rings. The summed E-state index contributed by atoms with van der Waals surface area (Å²) in [5, 5.41) is 9.68. The van der Waals surface area contributed by atoms with Crippen molar-refractivity contribution in [1.29, 1.82) is 0 Å². The van der Waals surface area contributed by atoms with E-state index in [0.717, 1.165) is 55.8 Å². The fourth-order valence-electron chi connectivity index (χ4n) is 8.33. The number of fused-ring (bicyclic) bond motifs is 9. The first-order valence-corrected chi connectivity index (χ1v) is 18.1. The first-order chi connectivity index (χ1) is 26.3. The Kier molecular flexibility index (Phi) is 6.55. The van der Waals surface area contributed by atoms with Crippen LogP contribution in [-0.4, -0.2) is 4.57 Å². The molecule has 3 heteroatoms. The van der Waals surface area contributed by atoms with E-state index in [1.165, 1.54) is 43.4 Å². The van der Waals surface area contributed by atoms with Crippen molar-refractivity contribution in [3.8, 4) is 16.8 Å². The predicted molar refractivity (Wildman–Crippen MR) is 223 cm³/mol. The molecule has 0 unspecified atom stereocenters. The van der Waals surface area contributed by atoms with E-state index in [0.29, 0.717) is 0 Å². The van der Waals surface area contributed by atoms with Crippen LogP contribution >= 0.6 is 0 Å². The molecule has 0 fully saturated rings. The van der Waals surface area contributed by atoms with Crippen LogP contribution in [0, 0.1) is 0 Å². The third kappa shape index (κ3) is 4.68. The number of aromatic nitrogens is 1. The molecule has 0 radical (unpaired) electrons. The lowest BCUT2D eigenvalue weighted by Gasteiger charge is -2.28. The lowest BCUT2D eigenvalue weighted by molar-refractivity contribution is 0.669. The first kappa shape index (κ1) is 29.6. The molecule has 0 saturated carbocycles. The Bertz CT molecular complexity index is 3130. The van der Waals surface area contributed by atoms with Crippen molar-refractivity contribution in [2.24, 2.45) is 0 Å². The van der Waals surface area contributed by atoms with Crippen LogP contribution < -0.4 is 4.90 Å². The maximum Gasteiger partial charge on any atom is 0.136 e. The topological polar surface area (TPSA) is 21.3 Å². The highest BCUT2D eigenvalue weighted by Crippen LogP contribution is 2.44. The molecule has 11 rings (SSSR count). The Balaban J connectivity index is 1.11. The molecule has 0 amide bonds. The number of rotatable bonds is 5. The maximum absolute atomic E-state index is 6.25. The molecular formula is C50H32N2O. The van der Waals surface area contributed by atoms with Crippen molar-refractivity contribution in [3.05, 3.63) is 194 Å². The SMILES string of the molecule is c1cc(N(c2ccc(-c3ccc4c(c3)oc3ccccc34)cc2)c2cc3ccccc3c3ccccc23)cc(-n2c3ccccc3c3ccccc32)c1. The van der Waals surface area contributed by atoms with Gasteiger partial charge in [-0.15, -0.1) is 0 Å². The molecule has 248 valence electrons. The third-order valence-electron chi connectivity index (χ3n) is 10.8. The van der Waals surface area contributed by atoms with Crippen molar-refractivity contribution in [1.82, 2.24) is 4.57 Å². The molecule has 0 N–H and O–H groups in total. The van der Waals surface area contributed by atoms with Crippen LogP contribution in [0.15, 0.2) is 199 Å². The van der Waals surface area contributed by atoms with Gasteiger partial charge in [-0.3, -0.25) is 0 Å². The number of hydrogen-bond donors (Lipinski definition) is 0. The summed E-state index contributed by atoms with van der Waals surface area (Å²) in [5.41, 5.74) is 10.9. The van der Waals surface area contributed by atoms with Gasteiger partial charge in [0.25, 0.3) is 0 Å². The second kappa shape index (κ2) is 11.7. The van der Waals surface area contributed by atoms with E-state index < -0.39 is 0 Å². The Morgan fingerprint density at radius 2 is 0.962 bits per heavy atom. The third-order valence-corrected chi connectivity index (χ3v) is 10.8. The van der Waals surface area contributed by atoms with Gasteiger partial charge in [0.15, 0.2) is 0 Å². The normalized spacial score (nSPS) is 11.8. The molecule has 0 atom stereocenters. The summed E-state index contributed by atoms with van der Waals surface area (Å²) in [6.45, 7) is 0. The van der Waals surface area contributed by atoms with E-state index in [1.54, 1.807) is 0 Å². The van der Waals surface area contributed by atoms with E-state index in [-0.39, 0.29) is 0 Å². The first-order valence-electron chi connectivity index (χ1n) is 18.1. The molecule has 0 aliphatic carbocycles. The molecule has 9 aromatic carbocycles. The number of para-hydroxylation sites is 3. The van der Waals surface area contributed by atoms with Crippen LogP contribution in [-0.2, 0) is 0 Å². The second-order valence-corrected chi connectivity index (χ2v) is 13.7. The largest absolute Gasteiger partial charge is 0.456 e. The molecule has 0 saturated heterocycles. The van der Waals surface area contributed by atoms with E-state index in [4.69, 9.17) is 4.42 Å². The monoisotopic (exact) mass is 676 g/mol. The van der Waals surface area contributed by atoms with Crippen LogP contribution in [0.1, 0.15) is 0 Å². The summed E-state index contributed by atoms with van der Waals surface area (Å²) in [6.07, 6.45) is 0. The van der Waals surface area contributed by atoms with Gasteiger partial charge in [-0.1, -0.05) is 127 Å². The molecule has 0 aliphatic rings. The van der Waals surface area contributed by atoms with Crippen LogP contribution in [0.5, 0.6) is 0 Å². The van der Waals surface area contributed by atoms with Crippen molar-refractivity contribution >= 4 is 82.4 Å². The van der Waals surface area contributed by atoms with Crippen LogP contribution in [0.4, 0.5) is 17.1 Å². The quantitative estimate of drug-likeness (QED) is 0.169. The van der Waals surface area contributed by atoms with Crippen LogP contribution in [0.25, 0.3) is 82.1 Å². The minimum atomic E-state index is 0.902. The zero-order valence-corrected chi connectivity index (χ0v) is 28.8. The molecule has 3 nitrogen and oxygen atoms in total. The highest BCUT2D eigenvalue weighted by Gasteiger charge is 2.19. The summed E-state index contributed by atoms with van der Waals surface area (Å²) < 4.78 is 8.64. The van der Waals surface area contributed by atoms with Crippen molar-refractivity contribution in [3.63, 3.8) is 0 Å². The zero-order valence-electron chi connectivity index (χ0n) is 28.8. The summed E-state index contributed by atoms with van der Waals surface area (Å²) in [4.78, 5) is 2.42. The van der Waals surface area contributed by atoms with E-state index in [2.05, 4.69) is 191 Å². The molecule has 0 spiro atoms. The highest BCUT2D eigenvalue weighted by atomic mass is 16.3. The molecule has 2 heterocycles. The standard InChI is InChI=1S/C50H32N2O/c1-2-15-39-35(12-1)30-48(41-17-4-3-16-40(39)41)51(36-27-24-33(25-28-36)34-26-29-45-44-20-7-10-23-49(44)53-50(45)31-34)37-13-11-14-38(32-37)52-46-21-8-5-18-42(46)43-19-6-9-22-47(43)52/h1-32H. The summed E-state index contributed by atoms with van der Waals surface area (Å²) in [5.74, 6) is 0. The van der Waals surface area contributed by atoms with Gasteiger partial charge in [-0.2, -0.15) is 0 Å². The second-order valence-electron chi connectivity index (χ2n) is 13.7. The number of benzene rings is 9. The molecule has 2 aromatic heterocycles. The van der Waals surface area contributed by atoms with Crippen LogP contribution in [0.2, 0.25) is 0 Å². The molecule has 53 heavy (non-hydrogen) atoms. The molecular weight excluding hydrogens is 645 g/mol.